The summed E-state index contributed by atoms with van der Waals surface area (Å²) in [7, 11) is 0. The van der Waals surface area contributed by atoms with E-state index in [4.69, 9.17) is 10.5 Å². The Labute approximate surface area is 117 Å². The Morgan fingerprint density at radius 2 is 2.18 bits per heavy atom. The van der Waals surface area contributed by atoms with Gasteiger partial charge < -0.3 is 15.8 Å². The van der Waals surface area contributed by atoms with Crippen molar-refractivity contribution in [2.45, 2.75) is 20.3 Å². The highest BCUT2D eigenvalue weighted by Gasteiger charge is 1.99. The number of hydrogen-bond acceptors (Lipinski definition) is 3. The van der Waals surface area contributed by atoms with Crippen molar-refractivity contribution < 1.29 is 4.74 Å². The van der Waals surface area contributed by atoms with Gasteiger partial charge in [-0.2, -0.15) is 0 Å². The van der Waals surface area contributed by atoms with Crippen LogP contribution >= 0.6 is 22.6 Å². The van der Waals surface area contributed by atoms with Gasteiger partial charge in [0.05, 0.1) is 11.4 Å². The van der Waals surface area contributed by atoms with Crippen LogP contribution in [0.5, 0.6) is 0 Å². The van der Waals surface area contributed by atoms with Gasteiger partial charge in [-0.25, -0.2) is 0 Å². The molecule has 96 valence electrons. The molecule has 0 aliphatic heterocycles. The SMILES string of the molecule is CC(C)COCCCNc1ccc(I)cc1N. The lowest BCUT2D eigenvalue weighted by Gasteiger charge is -2.10. The predicted octanol–water partition coefficient (Wildman–Crippen LogP) is 3.35. The third-order valence-electron chi connectivity index (χ3n) is 2.25. The fraction of sp³-hybridized carbons (Fsp3) is 0.538. The molecule has 0 saturated carbocycles. The molecule has 1 aromatic rings. The predicted molar refractivity (Wildman–Crippen MR) is 82.3 cm³/mol. The van der Waals surface area contributed by atoms with Crippen molar-refractivity contribution in [2.75, 3.05) is 30.8 Å². The molecule has 0 spiro atoms. The standard InChI is InChI=1S/C13H21IN2O/c1-10(2)9-17-7-3-6-16-13-5-4-11(14)8-12(13)15/h4-5,8,10,16H,3,6-7,9,15H2,1-2H3. The molecule has 0 aliphatic carbocycles. The Hall–Kier alpha value is -0.490. The minimum Gasteiger partial charge on any atom is -0.397 e. The third kappa shape index (κ3) is 6.12. The fourth-order valence-electron chi connectivity index (χ4n) is 1.41. The zero-order valence-electron chi connectivity index (χ0n) is 10.5. The van der Waals surface area contributed by atoms with E-state index in [-0.39, 0.29) is 0 Å². The van der Waals surface area contributed by atoms with Crippen LogP contribution in [-0.2, 0) is 4.74 Å². The lowest BCUT2D eigenvalue weighted by Crippen LogP contribution is -2.09. The second-order valence-electron chi connectivity index (χ2n) is 4.48. The summed E-state index contributed by atoms with van der Waals surface area (Å²) in [5, 5.41) is 3.32. The normalized spacial score (nSPS) is 10.8. The largest absolute Gasteiger partial charge is 0.397 e. The van der Waals surface area contributed by atoms with Crippen LogP contribution in [0.15, 0.2) is 18.2 Å². The molecule has 0 aliphatic rings. The lowest BCUT2D eigenvalue weighted by molar-refractivity contribution is 0.110. The Bertz CT molecular complexity index is 342. The lowest BCUT2D eigenvalue weighted by atomic mass is 10.2. The van der Waals surface area contributed by atoms with Crippen molar-refractivity contribution in [1.29, 1.82) is 0 Å². The quantitative estimate of drug-likeness (QED) is 0.451. The molecule has 0 heterocycles. The van der Waals surface area contributed by atoms with Gasteiger partial charge in [0.2, 0.25) is 0 Å². The van der Waals surface area contributed by atoms with Gasteiger partial charge in [-0.05, 0) is 53.1 Å². The fourth-order valence-corrected chi connectivity index (χ4v) is 1.93. The number of anilines is 2. The number of ether oxygens (including phenoxy) is 1. The first-order valence-corrected chi connectivity index (χ1v) is 7.04. The Balaban J connectivity index is 2.18. The van der Waals surface area contributed by atoms with E-state index in [1.165, 1.54) is 0 Å². The molecule has 4 heteroatoms. The van der Waals surface area contributed by atoms with Crippen LogP contribution < -0.4 is 11.1 Å². The van der Waals surface area contributed by atoms with Crippen LogP contribution in [0.2, 0.25) is 0 Å². The van der Waals surface area contributed by atoms with Crippen molar-refractivity contribution in [3.8, 4) is 0 Å². The molecule has 3 nitrogen and oxygen atoms in total. The number of nitrogens with two attached hydrogens (primary N) is 1. The van der Waals surface area contributed by atoms with Crippen LogP contribution in [0.25, 0.3) is 0 Å². The van der Waals surface area contributed by atoms with Gasteiger partial charge in [0.25, 0.3) is 0 Å². The maximum atomic E-state index is 5.90. The average molecular weight is 348 g/mol. The van der Waals surface area contributed by atoms with Crippen molar-refractivity contribution >= 4 is 34.0 Å². The van der Waals surface area contributed by atoms with Crippen LogP contribution in [0, 0.1) is 9.49 Å². The van der Waals surface area contributed by atoms with E-state index in [0.29, 0.717) is 5.92 Å². The highest BCUT2D eigenvalue weighted by atomic mass is 127. The Kier molecular flexibility index (Phi) is 6.65. The molecule has 0 radical (unpaired) electrons. The van der Waals surface area contributed by atoms with Gasteiger partial charge in [-0.15, -0.1) is 0 Å². The molecule has 0 fully saturated rings. The summed E-state index contributed by atoms with van der Waals surface area (Å²) < 4.78 is 6.67. The first-order valence-electron chi connectivity index (χ1n) is 5.96. The number of nitrogen functional groups attached to an aromatic ring is 1. The molecule has 1 aromatic carbocycles. The molecule has 0 saturated heterocycles. The first-order chi connectivity index (χ1) is 8.09. The average Bonchev–Trinajstić information content (AvgIpc) is 2.25. The Morgan fingerprint density at radius 3 is 2.82 bits per heavy atom. The molecular weight excluding hydrogens is 327 g/mol. The topological polar surface area (TPSA) is 47.3 Å². The zero-order valence-corrected chi connectivity index (χ0v) is 12.7. The smallest absolute Gasteiger partial charge is 0.0574 e. The summed E-state index contributed by atoms with van der Waals surface area (Å²) in [4.78, 5) is 0. The van der Waals surface area contributed by atoms with Crippen LogP contribution in [0.1, 0.15) is 20.3 Å². The molecule has 1 rings (SSSR count). The number of benzene rings is 1. The highest BCUT2D eigenvalue weighted by Crippen LogP contribution is 2.20. The molecule has 17 heavy (non-hydrogen) atoms. The number of halogens is 1. The number of rotatable bonds is 7. The minimum absolute atomic E-state index is 0.606. The van der Waals surface area contributed by atoms with Crippen LogP contribution in [0.3, 0.4) is 0 Å². The van der Waals surface area contributed by atoms with Crippen LogP contribution in [-0.4, -0.2) is 19.8 Å². The van der Waals surface area contributed by atoms with E-state index in [1.807, 2.05) is 12.1 Å². The summed E-state index contributed by atoms with van der Waals surface area (Å²) in [6.45, 7) is 6.85. The van der Waals surface area contributed by atoms with E-state index >= 15 is 0 Å². The van der Waals surface area contributed by atoms with E-state index in [0.717, 1.165) is 41.1 Å². The first kappa shape index (κ1) is 14.6. The summed E-state index contributed by atoms with van der Waals surface area (Å²) in [5.41, 5.74) is 7.72. The molecular formula is C13H21IN2O. The monoisotopic (exact) mass is 348 g/mol. The Morgan fingerprint density at radius 1 is 1.41 bits per heavy atom. The van der Waals surface area contributed by atoms with E-state index in [9.17, 15) is 0 Å². The second kappa shape index (κ2) is 7.76. The van der Waals surface area contributed by atoms with Gasteiger partial charge in [0.1, 0.15) is 0 Å². The maximum Gasteiger partial charge on any atom is 0.0574 e. The number of nitrogens with one attached hydrogen (secondary N) is 1. The second-order valence-corrected chi connectivity index (χ2v) is 5.73. The minimum atomic E-state index is 0.606. The molecule has 0 amide bonds. The van der Waals surface area contributed by atoms with Crippen molar-refractivity contribution in [3.63, 3.8) is 0 Å². The van der Waals surface area contributed by atoms with Crippen molar-refractivity contribution in [1.82, 2.24) is 0 Å². The molecule has 0 bridgehead atoms. The zero-order chi connectivity index (χ0) is 12.7. The third-order valence-corrected chi connectivity index (χ3v) is 2.92. The van der Waals surface area contributed by atoms with Gasteiger partial charge in [-0.1, -0.05) is 13.8 Å². The molecule has 0 aromatic heterocycles. The molecule has 0 atom stereocenters. The highest BCUT2D eigenvalue weighted by molar-refractivity contribution is 14.1. The number of hydrogen-bond donors (Lipinski definition) is 2. The summed E-state index contributed by atoms with van der Waals surface area (Å²) in [6.07, 6.45) is 0.998. The van der Waals surface area contributed by atoms with Crippen LogP contribution in [0.4, 0.5) is 11.4 Å². The van der Waals surface area contributed by atoms with E-state index in [1.54, 1.807) is 0 Å². The molecule has 0 unspecified atom stereocenters. The summed E-state index contributed by atoms with van der Waals surface area (Å²) in [6, 6.07) is 6.04. The maximum absolute atomic E-state index is 5.90. The summed E-state index contributed by atoms with van der Waals surface area (Å²) >= 11 is 2.26. The van der Waals surface area contributed by atoms with Gasteiger partial charge >= 0.3 is 0 Å². The summed E-state index contributed by atoms with van der Waals surface area (Å²) in [5.74, 6) is 0.606. The van der Waals surface area contributed by atoms with Crippen molar-refractivity contribution in [3.05, 3.63) is 21.8 Å². The van der Waals surface area contributed by atoms with E-state index in [2.05, 4.69) is 47.8 Å². The molecule has 3 N–H and O–H groups in total. The van der Waals surface area contributed by atoms with Gasteiger partial charge in [0, 0.05) is 23.3 Å². The van der Waals surface area contributed by atoms with Gasteiger partial charge in [-0.3, -0.25) is 0 Å². The van der Waals surface area contributed by atoms with Gasteiger partial charge in [0.15, 0.2) is 0 Å². The van der Waals surface area contributed by atoms with E-state index < -0.39 is 0 Å². The van der Waals surface area contributed by atoms with Crippen molar-refractivity contribution in [2.24, 2.45) is 5.92 Å².